The first-order valence-electron chi connectivity index (χ1n) is 15.2. The van der Waals surface area contributed by atoms with Crippen molar-refractivity contribution in [2.45, 2.75) is 124 Å². The molecule has 0 heterocycles. The highest BCUT2D eigenvalue weighted by molar-refractivity contribution is 6.85. The molecule has 13 heteroatoms. The maximum absolute atomic E-state index is 11.4. The number of ketones is 1. The maximum atomic E-state index is 11.4. The molecule has 0 bridgehead atoms. The Kier molecular flexibility index (Phi) is 20.6. The molecule has 0 aliphatic carbocycles. The van der Waals surface area contributed by atoms with Crippen LogP contribution in [0, 0.1) is 0 Å². The summed E-state index contributed by atoms with van der Waals surface area (Å²) in [6.07, 6.45) is 4.31. The molecule has 0 aromatic heterocycles. The van der Waals surface area contributed by atoms with Crippen LogP contribution in [0.15, 0.2) is 24.3 Å². The Bertz CT molecular complexity index is 900. The van der Waals surface area contributed by atoms with Gasteiger partial charge in [-0.15, -0.1) is 0 Å². The van der Waals surface area contributed by atoms with Crippen molar-refractivity contribution in [2.24, 2.45) is 0 Å². The molecule has 9 nitrogen and oxygen atoms in total. The highest BCUT2D eigenvalue weighted by Gasteiger charge is 2.34. The summed E-state index contributed by atoms with van der Waals surface area (Å²) in [5.74, 6) is -2.02. The fraction of sp³-hybridized carbons (Fsp3) is 0.733. The number of esters is 3. The van der Waals surface area contributed by atoms with Gasteiger partial charge in [0.15, 0.2) is 25.0 Å². The van der Waals surface area contributed by atoms with E-state index < -0.39 is 45.0 Å². The minimum absolute atomic E-state index is 0.247. The van der Waals surface area contributed by atoms with E-state index in [0.29, 0.717) is 30.4 Å². The molecule has 0 aliphatic rings. The Morgan fingerprint density at radius 2 is 0.884 bits per heavy atom. The van der Waals surface area contributed by atoms with E-state index in [1.54, 1.807) is 13.8 Å². The van der Waals surface area contributed by atoms with Crippen molar-refractivity contribution in [1.82, 2.24) is 0 Å². The summed E-state index contributed by atoms with van der Waals surface area (Å²) >= 11 is 0. The maximum Gasteiger partial charge on any atom is 0.374 e. The zero-order valence-corrected chi connectivity index (χ0v) is 33.2. The van der Waals surface area contributed by atoms with Gasteiger partial charge < -0.3 is 22.4 Å². The molecule has 0 fully saturated rings. The van der Waals surface area contributed by atoms with E-state index in [1.165, 1.54) is 25.8 Å². The van der Waals surface area contributed by atoms with Crippen LogP contribution in [0.5, 0.6) is 0 Å². The molecule has 250 valence electrons. The molecular weight excluding hydrogens is 617 g/mol. The predicted octanol–water partition coefficient (Wildman–Crippen LogP) is 7.32. The summed E-state index contributed by atoms with van der Waals surface area (Å²) in [4.78, 5) is 44.6. The van der Waals surface area contributed by atoms with Crippen molar-refractivity contribution >= 4 is 57.0 Å². The van der Waals surface area contributed by atoms with Crippen LogP contribution in [-0.4, -0.2) is 76.4 Å². The molecule has 0 unspecified atom stereocenters. The fourth-order valence-electron chi connectivity index (χ4n) is 4.19. The molecule has 0 saturated carbocycles. The molecule has 0 aromatic rings. The number of hydrogen-bond donors (Lipinski definition) is 0. The number of Topliss-reactive ketones (excluding diaryl/α,β-unsaturated/α-hetero) is 1. The lowest BCUT2D eigenvalue weighted by Gasteiger charge is -2.34. The van der Waals surface area contributed by atoms with E-state index in [0.717, 1.165) is 18.5 Å². The third-order valence-electron chi connectivity index (χ3n) is 6.09. The second-order valence-electron chi connectivity index (χ2n) is 13.5. The van der Waals surface area contributed by atoms with Crippen LogP contribution in [0.4, 0.5) is 0 Å². The first-order chi connectivity index (χ1) is 19.5. The number of hydrogen-bond acceptors (Lipinski definition) is 9. The van der Waals surface area contributed by atoms with Crippen LogP contribution in [0.2, 0.25) is 70.5 Å². The van der Waals surface area contributed by atoms with Gasteiger partial charge in [-0.25, -0.2) is 14.4 Å². The monoisotopic (exact) mass is 676 g/mol. The van der Waals surface area contributed by atoms with Gasteiger partial charge in [-0.1, -0.05) is 32.9 Å². The van der Waals surface area contributed by atoms with Crippen molar-refractivity contribution in [3.63, 3.8) is 0 Å². The van der Waals surface area contributed by atoms with Crippen LogP contribution in [0.25, 0.3) is 0 Å². The lowest BCUT2D eigenvalue weighted by molar-refractivity contribution is -0.152. The number of unbranched alkanes of at least 4 members (excludes halogenated alkanes) is 1. The van der Waals surface area contributed by atoms with Crippen LogP contribution in [0.3, 0.4) is 0 Å². The first kappa shape index (κ1) is 43.5. The van der Waals surface area contributed by atoms with Gasteiger partial charge in [0.05, 0.1) is 13.2 Å². The molecule has 0 aromatic carbocycles. The summed E-state index contributed by atoms with van der Waals surface area (Å²) in [5, 5.41) is 0. The molecular formula is C30H60O9Si4. The molecule has 0 aliphatic heterocycles. The SMILES string of the molecule is C=C(C)C(=O)OCCC[Si](C)(C)O[Si](C)(C)CCCOC(=O)C(C)=O.C=C(C)C(=O)OC[Si](C)(C)O[Si](C)(C)CCCC. The quantitative estimate of drug-likeness (QED) is 0.0327. The van der Waals surface area contributed by atoms with Crippen LogP contribution < -0.4 is 0 Å². The van der Waals surface area contributed by atoms with Gasteiger partial charge in [0.1, 0.15) is 6.23 Å². The summed E-state index contributed by atoms with van der Waals surface area (Å²) < 4.78 is 28.0. The Morgan fingerprint density at radius 1 is 0.535 bits per heavy atom. The van der Waals surface area contributed by atoms with Crippen molar-refractivity contribution in [2.75, 3.05) is 19.4 Å². The van der Waals surface area contributed by atoms with Gasteiger partial charge in [-0.3, -0.25) is 4.79 Å². The Morgan fingerprint density at radius 3 is 1.26 bits per heavy atom. The van der Waals surface area contributed by atoms with Crippen molar-refractivity contribution in [1.29, 1.82) is 0 Å². The molecule has 0 amide bonds. The van der Waals surface area contributed by atoms with E-state index in [4.69, 9.17) is 22.4 Å². The Labute approximate surface area is 265 Å². The number of carbonyl (C=O) groups excluding carboxylic acids is 4. The fourth-order valence-corrected chi connectivity index (χ4v) is 21.3. The van der Waals surface area contributed by atoms with Crippen molar-refractivity contribution in [3.05, 3.63) is 24.3 Å². The third kappa shape index (κ3) is 24.4. The van der Waals surface area contributed by atoms with E-state index in [-0.39, 0.29) is 18.5 Å². The van der Waals surface area contributed by atoms with Gasteiger partial charge in [0, 0.05) is 18.1 Å². The molecule has 0 N–H and O–H groups in total. The van der Waals surface area contributed by atoms with Gasteiger partial charge in [0.2, 0.25) is 14.1 Å². The molecule has 0 spiro atoms. The third-order valence-corrected chi connectivity index (χ3v) is 20.4. The summed E-state index contributed by atoms with van der Waals surface area (Å²) in [7, 11) is -7.26. The Balaban J connectivity index is 0. The molecule has 0 rings (SSSR count). The number of rotatable bonds is 20. The number of carbonyl (C=O) groups is 4. The zero-order chi connectivity index (χ0) is 34.1. The minimum atomic E-state index is -1.92. The second-order valence-corrected chi connectivity index (χ2v) is 31.0. The summed E-state index contributed by atoms with van der Waals surface area (Å²) in [5.41, 5.74) is 0.856. The predicted molar refractivity (Wildman–Crippen MR) is 184 cm³/mol. The first-order valence-corrected chi connectivity index (χ1v) is 27.7. The standard InChI is InChI=1S/C17H32O6Si2.C13H28O3Si2/c1-14(2)16(19)21-10-8-12-24(4,5)23-25(6,7)13-9-11-22-17(20)15(3)18;1-8-9-10-17(4,5)16-18(6,7)11-15-13(14)12(2)3/h1,8-13H2,2-7H3;2,8-11H2,1,3-7H3. The van der Waals surface area contributed by atoms with Crippen LogP contribution in [-0.2, 0) is 41.6 Å². The highest BCUT2D eigenvalue weighted by Crippen LogP contribution is 2.24. The minimum Gasteiger partial charge on any atom is -0.463 e. The summed E-state index contributed by atoms with van der Waals surface area (Å²) in [6, 6.07) is 2.94. The van der Waals surface area contributed by atoms with Crippen LogP contribution >= 0.6 is 0 Å². The zero-order valence-electron chi connectivity index (χ0n) is 29.2. The van der Waals surface area contributed by atoms with E-state index in [9.17, 15) is 19.2 Å². The van der Waals surface area contributed by atoms with Crippen molar-refractivity contribution < 1.29 is 41.6 Å². The highest BCUT2D eigenvalue weighted by atomic mass is 28.4. The normalized spacial score (nSPS) is 12.0. The van der Waals surface area contributed by atoms with E-state index in [2.05, 4.69) is 72.5 Å². The Hall–Kier alpha value is -1.65. The van der Waals surface area contributed by atoms with E-state index in [1.807, 2.05) is 0 Å². The van der Waals surface area contributed by atoms with Gasteiger partial charge >= 0.3 is 17.9 Å². The summed E-state index contributed by atoms with van der Waals surface area (Å²) in [6.45, 7) is 31.8. The van der Waals surface area contributed by atoms with Gasteiger partial charge in [-0.05, 0) is 97.2 Å². The van der Waals surface area contributed by atoms with Gasteiger partial charge in [0.25, 0.3) is 0 Å². The second kappa shape index (κ2) is 20.4. The largest absolute Gasteiger partial charge is 0.463 e. The lowest BCUT2D eigenvalue weighted by atomic mass is 10.4. The molecule has 0 radical (unpaired) electrons. The molecule has 43 heavy (non-hydrogen) atoms. The van der Waals surface area contributed by atoms with Crippen LogP contribution in [0.1, 0.15) is 53.4 Å². The topological polar surface area (TPSA) is 114 Å². The lowest BCUT2D eigenvalue weighted by Crippen LogP contribution is -2.48. The average molecular weight is 677 g/mol. The van der Waals surface area contributed by atoms with Gasteiger partial charge in [-0.2, -0.15) is 0 Å². The van der Waals surface area contributed by atoms with E-state index >= 15 is 0 Å². The average Bonchev–Trinajstić information content (AvgIpc) is 2.85. The smallest absolute Gasteiger partial charge is 0.374 e. The number of ether oxygens (including phenoxy) is 3. The molecule has 0 saturated heterocycles. The molecule has 0 atom stereocenters. The van der Waals surface area contributed by atoms with Crippen molar-refractivity contribution in [3.8, 4) is 0 Å².